The average Bonchev–Trinajstić information content (AvgIpc) is 3.05. The summed E-state index contributed by atoms with van der Waals surface area (Å²) in [7, 11) is 0. The predicted molar refractivity (Wildman–Crippen MR) is 94.6 cm³/mol. The van der Waals surface area contributed by atoms with Crippen LogP contribution in [0, 0.1) is 6.92 Å². The van der Waals surface area contributed by atoms with Crippen LogP contribution in [0.3, 0.4) is 0 Å². The van der Waals surface area contributed by atoms with Crippen molar-refractivity contribution in [2.45, 2.75) is 20.0 Å². The highest BCUT2D eigenvalue weighted by Crippen LogP contribution is 2.31. The third-order valence-corrected chi connectivity index (χ3v) is 4.02. The number of hydrazone groups is 1. The average molecular weight is 361 g/mol. The molecule has 0 fully saturated rings. The minimum absolute atomic E-state index is 0.214. The molecule has 0 spiro atoms. The van der Waals surface area contributed by atoms with Crippen LogP contribution >= 0.6 is 11.6 Å². The molecule has 2 aromatic rings. The van der Waals surface area contributed by atoms with E-state index in [1.807, 2.05) is 13.0 Å². The van der Waals surface area contributed by atoms with E-state index in [1.165, 1.54) is 6.21 Å². The van der Waals surface area contributed by atoms with E-state index in [4.69, 9.17) is 25.8 Å². The van der Waals surface area contributed by atoms with Gasteiger partial charge in [0.25, 0.3) is 5.91 Å². The first-order valence-electron chi connectivity index (χ1n) is 7.68. The van der Waals surface area contributed by atoms with Crippen LogP contribution in [0.5, 0.6) is 17.2 Å². The number of carbonyl (C=O) groups is 1. The van der Waals surface area contributed by atoms with Gasteiger partial charge in [-0.25, -0.2) is 5.43 Å². The fourth-order valence-corrected chi connectivity index (χ4v) is 2.32. The number of amides is 1. The summed E-state index contributed by atoms with van der Waals surface area (Å²) in [6, 6.07) is 10.6. The number of halogens is 1. The first kappa shape index (κ1) is 17.1. The molecule has 0 saturated carbocycles. The highest BCUT2D eigenvalue weighted by atomic mass is 35.5. The number of nitrogens with one attached hydrogen (secondary N) is 1. The molecule has 3 rings (SSSR count). The van der Waals surface area contributed by atoms with E-state index in [0.717, 1.165) is 11.1 Å². The summed E-state index contributed by atoms with van der Waals surface area (Å²) in [6.45, 7) is 3.73. The number of hydrogen-bond donors (Lipinski definition) is 1. The second kappa shape index (κ2) is 7.44. The summed E-state index contributed by atoms with van der Waals surface area (Å²) in [4.78, 5) is 12.1. The van der Waals surface area contributed by atoms with Crippen molar-refractivity contribution in [1.29, 1.82) is 0 Å². The Balaban J connectivity index is 1.55. The second-order valence-corrected chi connectivity index (χ2v) is 5.93. The van der Waals surface area contributed by atoms with Crippen LogP contribution in [0.1, 0.15) is 18.1 Å². The fraction of sp³-hybridized carbons (Fsp3) is 0.222. The number of carbonyl (C=O) groups excluding carboxylic acids is 1. The molecule has 6 nitrogen and oxygen atoms in total. The molecule has 1 unspecified atom stereocenters. The fourth-order valence-electron chi connectivity index (χ4n) is 2.20. The number of aryl methyl sites for hydroxylation is 1. The molecule has 1 aliphatic heterocycles. The topological polar surface area (TPSA) is 69.2 Å². The molecule has 1 amide bonds. The van der Waals surface area contributed by atoms with Crippen LogP contribution in [0.2, 0.25) is 5.02 Å². The van der Waals surface area contributed by atoms with Gasteiger partial charge in [-0.1, -0.05) is 11.6 Å². The molecule has 1 N–H and O–H groups in total. The molecule has 0 radical (unpaired) electrons. The molecule has 0 bridgehead atoms. The van der Waals surface area contributed by atoms with Gasteiger partial charge in [-0.2, -0.15) is 5.10 Å². The van der Waals surface area contributed by atoms with Gasteiger partial charge in [-0.3, -0.25) is 4.79 Å². The SMILES string of the molecule is Cc1cc(OC(C)C(=O)N/N=C/c2ccc3c(c2)OCO3)ccc1Cl. The lowest BCUT2D eigenvalue weighted by molar-refractivity contribution is -0.127. The second-order valence-electron chi connectivity index (χ2n) is 5.52. The maximum Gasteiger partial charge on any atom is 0.280 e. The quantitative estimate of drug-likeness (QED) is 0.656. The molecule has 1 aliphatic rings. The summed E-state index contributed by atoms with van der Waals surface area (Å²) >= 11 is 5.97. The van der Waals surface area contributed by atoms with Gasteiger partial charge in [0.15, 0.2) is 17.6 Å². The van der Waals surface area contributed by atoms with Crippen molar-refractivity contribution < 1.29 is 19.0 Å². The monoisotopic (exact) mass is 360 g/mol. The molecule has 2 aromatic carbocycles. The Hall–Kier alpha value is -2.73. The largest absolute Gasteiger partial charge is 0.481 e. The minimum atomic E-state index is -0.700. The van der Waals surface area contributed by atoms with Crippen molar-refractivity contribution >= 4 is 23.7 Å². The van der Waals surface area contributed by atoms with Crippen molar-refractivity contribution in [3.63, 3.8) is 0 Å². The summed E-state index contributed by atoms with van der Waals surface area (Å²) in [5, 5.41) is 4.59. The Labute approximate surface area is 150 Å². The van der Waals surface area contributed by atoms with Crippen LogP contribution in [0.15, 0.2) is 41.5 Å². The van der Waals surface area contributed by atoms with Crippen LogP contribution in [0.25, 0.3) is 0 Å². The van der Waals surface area contributed by atoms with Crippen molar-refractivity contribution in [3.05, 3.63) is 52.5 Å². The Morgan fingerprint density at radius 3 is 2.88 bits per heavy atom. The van der Waals surface area contributed by atoms with Crippen molar-refractivity contribution in [2.75, 3.05) is 6.79 Å². The normalized spacial score (nSPS) is 13.7. The summed E-state index contributed by atoms with van der Waals surface area (Å²) < 4.78 is 16.1. The molecule has 1 atom stereocenters. The Kier molecular flexibility index (Phi) is 5.09. The van der Waals surface area contributed by atoms with Crippen molar-refractivity contribution in [3.8, 4) is 17.2 Å². The third kappa shape index (κ3) is 4.22. The molecule has 0 aromatic heterocycles. The number of nitrogens with zero attached hydrogens (tertiary/aromatic N) is 1. The number of ether oxygens (including phenoxy) is 3. The third-order valence-electron chi connectivity index (χ3n) is 3.60. The van der Waals surface area contributed by atoms with Crippen LogP contribution < -0.4 is 19.6 Å². The van der Waals surface area contributed by atoms with E-state index in [0.29, 0.717) is 22.3 Å². The van der Waals surface area contributed by atoms with Gasteiger partial charge in [0.2, 0.25) is 6.79 Å². The minimum Gasteiger partial charge on any atom is -0.481 e. The molecule has 7 heteroatoms. The van der Waals surface area contributed by atoms with Crippen molar-refractivity contribution in [1.82, 2.24) is 5.43 Å². The van der Waals surface area contributed by atoms with Gasteiger partial charge in [0, 0.05) is 5.02 Å². The highest BCUT2D eigenvalue weighted by Gasteiger charge is 2.15. The molecule has 130 valence electrons. The lowest BCUT2D eigenvalue weighted by atomic mass is 10.2. The van der Waals surface area contributed by atoms with Crippen molar-refractivity contribution in [2.24, 2.45) is 5.10 Å². The standard InChI is InChI=1S/C18H17ClN2O4/c1-11-7-14(4-5-15(11)19)25-12(2)18(22)21-20-9-13-3-6-16-17(8-13)24-10-23-16/h3-9,12H,10H2,1-2H3,(H,21,22)/b20-9+. The van der Waals surface area contributed by atoms with Crippen LogP contribution in [-0.2, 0) is 4.79 Å². The van der Waals surface area contributed by atoms with E-state index in [2.05, 4.69) is 10.5 Å². The van der Waals surface area contributed by atoms with Gasteiger partial charge in [-0.05, 0) is 61.4 Å². The molecule has 0 saturated heterocycles. The summed E-state index contributed by atoms with van der Waals surface area (Å²) in [6.07, 6.45) is 0.827. The Bertz CT molecular complexity index is 823. The first-order chi connectivity index (χ1) is 12.0. The van der Waals surface area contributed by atoms with E-state index >= 15 is 0 Å². The maximum absolute atomic E-state index is 12.1. The Morgan fingerprint density at radius 1 is 1.28 bits per heavy atom. The maximum atomic E-state index is 12.1. The summed E-state index contributed by atoms with van der Waals surface area (Å²) in [5.74, 6) is 1.57. The first-order valence-corrected chi connectivity index (χ1v) is 8.06. The molecular formula is C18H17ClN2O4. The van der Waals surface area contributed by atoms with Gasteiger partial charge < -0.3 is 14.2 Å². The van der Waals surface area contributed by atoms with E-state index in [1.54, 1.807) is 37.3 Å². The van der Waals surface area contributed by atoms with E-state index in [-0.39, 0.29) is 12.7 Å². The number of fused-ring (bicyclic) bond motifs is 1. The van der Waals surface area contributed by atoms with Gasteiger partial charge in [0.05, 0.1) is 6.21 Å². The van der Waals surface area contributed by atoms with Crippen LogP contribution in [-0.4, -0.2) is 25.0 Å². The summed E-state index contributed by atoms with van der Waals surface area (Å²) in [5.41, 5.74) is 4.12. The van der Waals surface area contributed by atoms with E-state index < -0.39 is 6.10 Å². The van der Waals surface area contributed by atoms with Crippen LogP contribution in [0.4, 0.5) is 0 Å². The number of hydrogen-bond acceptors (Lipinski definition) is 5. The lowest BCUT2D eigenvalue weighted by Crippen LogP contribution is -2.33. The van der Waals surface area contributed by atoms with Gasteiger partial charge in [0.1, 0.15) is 5.75 Å². The molecular weight excluding hydrogens is 344 g/mol. The van der Waals surface area contributed by atoms with Gasteiger partial charge in [-0.15, -0.1) is 0 Å². The number of benzene rings is 2. The molecule has 0 aliphatic carbocycles. The number of rotatable bonds is 5. The smallest absolute Gasteiger partial charge is 0.280 e. The van der Waals surface area contributed by atoms with Gasteiger partial charge >= 0.3 is 0 Å². The van der Waals surface area contributed by atoms with E-state index in [9.17, 15) is 4.79 Å². The zero-order chi connectivity index (χ0) is 17.8. The predicted octanol–water partition coefficient (Wildman–Crippen LogP) is 3.29. The lowest BCUT2D eigenvalue weighted by Gasteiger charge is -2.13. The highest BCUT2D eigenvalue weighted by molar-refractivity contribution is 6.31. The zero-order valence-corrected chi connectivity index (χ0v) is 14.5. The molecule has 1 heterocycles. The zero-order valence-electron chi connectivity index (χ0n) is 13.8. The molecule has 25 heavy (non-hydrogen) atoms. The Morgan fingerprint density at radius 2 is 2.08 bits per heavy atom.